The van der Waals surface area contributed by atoms with Gasteiger partial charge in [-0.25, -0.2) is 0 Å². The molecule has 3 N–H and O–H groups in total. The van der Waals surface area contributed by atoms with Crippen LogP contribution in [0.5, 0.6) is 0 Å². The van der Waals surface area contributed by atoms with Crippen LogP contribution in [-0.4, -0.2) is 21.1 Å². The Morgan fingerprint density at radius 1 is 1.21 bits per heavy atom. The van der Waals surface area contributed by atoms with Crippen LogP contribution in [-0.2, 0) is 6.18 Å². The maximum absolute atomic E-state index is 12.8. The van der Waals surface area contributed by atoms with Gasteiger partial charge in [0.2, 0.25) is 0 Å². The maximum atomic E-state index is 12.8. The van der Waals surface area contributed by atoms with Gasteiger partial charge >= 0.3 is 6.18 Å². The fourth-order valence-electron chi connectivity index (χ4n) is 2.08. The second kappa shape index (κ2) is 6.04. The molecule has 1 aromatic carbocycles. The van der Waals surface area contributed by atoms with Crippen LogP contribution < -0.4 is 5.32 Å². The first-order chi connectivity index (χ1) is 11.3. The van der Waals surface area contributed by atoms with Crippen LogP contribution >= 0.6 is 11.6 Å². The van der Waals surface area contributed by atoms with E-state index in [2.05, 4.69) is 20.5 Å². The fourth-order valence-corrected chi connectivity index (χ4v) is 2.31. The van der Waals surface area contributed by atoms with Crippen LogP contribution in [0.2, 0.25) is 5.02 Å². The van der Waals surface area contributed by atoms with Gasteiger partial charge in [-0.2, -0.15) is 18.3 Å². The van der Waals surface area contributed by atoms with Gasteiger partial charge < -0.3 is 10.3 Å². The first-order valence-corrected chi connectivity index (χ1v) is 7.09. The Hall–Kier alpha value is -2.74. The summed E-state index contributed by atoms with van der Waals surface area (Å²) in [5.41, 5.74) is 0.294. The first-order valence-electron chi connectivity index (χ1n) is 6.72. The van der Waals surface area contributed by atoms with Crippen molar-refractivity contribution in [3.05, 3.63) is 58.9 Å². The molecule has 3 aromatic rings. The lowest BCUT2D eigenvalue weighted by atomic mass is 10.2. The van der Waals surface area contributed by atoms with E-state index in [4.69, 9.17) is 11.6 Å². The third-order valence-electron chi connectivity index (χ3n) is 3.23. The normalized spacial score (nSPS) is 11.5. The number of aromatic nitrogens is 3. The molecule has 9 heteroatoms. The zero-order valence-corrected chi connectivity index (χ0v) is 12.7. The summed E-state index contributed by atoms with van der Waals surface area (Å²) >= 11 is 5.54. The fraction of sp³-hybridized carbons (Fsp3) is 0.0667. The van der Waals surface area contributed by atoms with Gasteiger partial charge in [-0.3, -0.25) is 9.89 Å². The SMILES string of the molecule is O=C(Nc1ccc(Cl)c(C(F)(F)F)c1)c1cc(-c2ccc[nH]2)n[nH]1. The third-order valence-corrected chi connectivity index (χ3v) is 3.56. The Morgan fingerprint density at radius 3 is 2.67 bits per heavy atom. The Bertz CT molecular complexity index is 871. The van der Waals surface area contributed by atoms with E-state index in [0.29, 0.717) is 11.4 Å². The average Bonchev–Trinajstić information content (AvgIpc) is 3.18. The Kier molecular flexibility index (Phi) is 4.06. The number of carbonyl (C=O) groups excluding carboxylic acids is 1. The molecule has 24 heavy (non-hydrogen) atoms. The van der Waals surface area contributed by atoms with Gasteiger partial charge in [0, 0.05) is 11.9 Å². The number of benzene rings is 1. The van der Waals surface area contributed by atoms with Crippen molar-refractivity contribution >= 4 is 23.2 Å². The molecule has 0 unspecified atom stereocenters. The second-order valence-electron chi connectivity index (χ2n) is 4.90. The molecule has 0 bridgehead atoms. The van der Waals surface area contributed by atoms with E-state index >= 15 is 0 Å². The summed E-state index contributed by atoms with van der Waals surface area (Å²) in [5.74, 6) is -0.615. The molecule has 0 aliphatic carbocycles. The van der Waals surface area contributed by atoms with Crippen molar-refractivity contribution in [2.45, 2.75) is 6.18 Å². The summed E-state index contributed by atoms with van der Waals surface area (Å²) in [6.07, 6.45) is -2.90. The number of carbonyl (C=O) groups is 1. The molecule has 5 nitrogen and oxygen atoms in total. The monoisotopic (exact) mass is 354 g/mol. The van der Waals surface area contributed by atoms with Crippen molar-refractivity contribution in [2.24, 2.45) is 0 Å². The molecule has 1 amide bonds. The highest BCUT2D eigenvalue weighted by atomic mass is 35.5. The number of halogens is 4. The molecule has 0 atom stereocenters. The number of H-pyrrole nitrogens is 2. The minimum Gasteiger partial charge on any atom is -0.360 e. The molecular formula is C15H10ClF3N4O. The average molecular weight is 355 g/mol. The van der Waals surface area contributed by atoms with Crippen molar-refractivity contribution < 1.29 is 18.0 Å². The van der Waals surface area contributed by atoms with E-state index in [1.165, 1.54) is 12.1 Å². The standard InChI is InChI=1S/C15H10ClF3N4O/c16-10-4-3-8(6-9(10)15(17,18)19)21-14(24)13-7-12(22-23-13)11-2-1-5-20-11/h1-7,20H,(H,21,24)(H,22,23). The lowest BCUT2D eigenvalue weighted by Gasteiger charge is -2.11. The van der Waals surface area contributed by atoms with Gasteiger partial charge in [0.15, 0.2) is 0 Å². The molecule has 124 valence electrons. The minimum absolute atomic E-state index is 0.0206. The van der Waals surface area contributed by atoms with E-state index in [0.717, 1.165) is 12.1 Å². The van der Waals surface area contributed by atoms with E-state index in [1.807, 2.05) is 0 Å². The largest absolute Gasteiger partial charge is 0.417 e. The van der Waals surface area contributed by atoms with E-state index in [9.17, 15) is 18.0 Å². The molecule has 2 aromatic heterocycles. The smallest absolute Gasteiger partial charge is 0.360 e. The summed E-state index contributed by atoms with van der Waals surface area (Å²) < 4.78 is 38.5. The van der Waals surface area contributed by atoms with Gasteiger partial charge in [0.25, 0.3) is 5.91 Å². The predicted molar refractivity (Wildman–Crippen MR) is 82.8 cm³/mol. The molecule has 2 heterocycles. The van der Waals surface area contributed by atoms with Crippen molar-refractivity contribution in [3.8, 4) is 11.4 Å². The number of nitrogens with zero attached hydrogens (tertiary/aromatic N) is 1. The topological polar surface area (TPSA) is 73.6 Å². The van der Waals surface area contributed by atoms with Gasteiger partial charge in [0.1, 0.15) is 11.4 Å². The third kappa shape index (κ3) is 3.28. The number of anilines is 1. The van der Waals surface area contributed by atoms with Crippen LogP contribution in [0.1, 0.15) is 16.1 Å². The van der Waals surface area contributed by atoms with Crippen LogP contribution in [0.25, 0.3) is 11.4 Å². The number of aromatic amines is 2. The summed E-state index contributed by atoms with van der Waals surface area (Å²) in [6.45, 7) is 0. The van der Waals surface area contributed by atoms with Crippen LogP contribution in [0.3, 0.4) is 0 Å². The predicted octanol–water partition coefficient (Wildman–Crippen LogP) is 4.33. The van der Waals surface area contributed by atoms with Gasteiger partial charge in [-0.05, 0) is 36.4 Å². The minimum atomic E-state index is -4.60. The molecule has 0 saturated heterocycles. The highest BCUT2D eigenvalue weighted by Crippen LogP contribution is 2.36. The van der Waals surface area contributed by atoms with Crippen molar-refractivity contribution in [1.82, 2.24) is 15.2 Å². The van der Waals surface area contributed by atoms with Gasteiger partial charge in [-0.1, -0.05) is 11.6 Å². The van der Waals surface area contributed by atoms with Crippen molar-refractivity contribution in [3.63, 3.8) is 0 Å². The molecular weight excluding hydrogens is 345 g/mol. The first kappa shape index (κ1) is 16.1. The zero-order valence-electron chi connectivity index (χ0n) is 11.9. The highest BCUT2D eigenvalue weighted by molar-refractivity contribution is 6.31. The van der Waals surface area contributed by atoms with Crippen molar-refractivity contribution in [1.29, 1.82) is 0 Å². The van der Waals surface area contributed by atoms with Crippen LogP contribution in [0.4, 0.5) is 18.9 Å². The molecule has 0 saturated carbocycles. The Balaban J connectivity index is 1.80. The number of hydrogen-bond acceptors (Lipinski definition) is 2. The van der Waals surface area contributed by atoms with Crippen molar-refractivity contribution in [2.75, 3.05) is 5.32 Å². The lowest BCUT2D eigenvalue weighted by Crippen LogP contribution is -2.14. The van der Waals surface area contributed by atoms with Crippen LogP contribution in [0, 0.1) is 0 Å². The van der Waals surface area contributed by atoms with E-state index in [1.54, 1.807) is 18.3 Å². The number of hydrogen-bond donors (Lipinski definition) is 3. The molecule has 0 spiro atoms. The highest BCUT2D eigenvalue weighted by Gasteiger charge is 2.33. The lowest BCUT2D eigenvalue weighted by molar-refractivity contribution is -0.137. The summed E-state index contributed by atoms with van der Waals surface area (Å²) in [6, 6.07) is 8.18. The van der Waals surface area contributed by atoms with Crippen LogP contribution in [0.15, 0.2) is 42.6 Å². The number of alkyl halides is 3. The molecule has 0 radical (unpaired) electrons. The number of amides is 1. The number of rotatable bonds is 3. The molecule has 0 fully saturated rings. The van der Waals surface area contributed by atoms with Gasteiger partial charge in [0.05, 0.1) is 16.3 Å². The van der Waals surface area contributed by atoms with Gasteiger partial charge in [-0.15, -0.1) is 0 Å². The Labute approximate surface area is 138 Å². The van der Waals surface area contributed by atoms with E-state index in [-0.39, 0.29) is 11.4 Å². The summed E-state index contributed by atoms with van der Waals surface area (Å²) in [7, 11) is 0. The summed E-state index contributed by atoms with van der Waals surface area (Å²) in [5, 5.41) is 8.46. The second-order valence-corrected chi connectivity index (χ2v) is 5.30. The maximum Gasteiger partial charge on any atom is 0.417 e. The number of nitrogens with one attached hydrogen (secondary N) is 3. The Morgan fingerprint density at radius 2 is 2.00 bits per heavy atom. The summed E-state index contributed by atoms with van der Waals surface area (Å²) in [4.78, 5) is 15.1. The molecule has 0 aliphatic heterocycles. The quantitative estimate of drug-likeness (QED) is 0.655. The molecule has 3 rings (SSSR count). The molecule has 0 aliphatic rings. The zero-order chi connectivity index (χ0) is 17.3. The van der Waals surface area contributed by atoms with E-state index < -0.39 is 22.7 Å².